The Bertz CT molecular complexity index is 593. The van der Waals surface area contributed by atoms with Crippen LogP contribution in [-0.4, -0.2) is 49.4 Å². The molecule has 3 rings (SSSR count). The van der Waals surface area contributed by atoms with E-state index < -0.39 is 5.92 Å². The minimum Gasteiger partial charge on any atom is -0.355 e. The highest BCUT2D eigenvalue weighted by Crippen LogP contribution is 2.25. The van der Waals surface area contributed by atoms with Crippen molar-refractivity contribution in [2.45, 2.75) is 39.0 Å². The number of nitrogens with one attached hydrogen (secondary N) is 1. The lowest BCUT2D eigenvalue weighted by Crippen LogP contribution is -2.38. The molecule has 5 heteroatoms. The SMILES string of the molecule is CCc1ccc(N2CC[C@H](C(=O)NCCCN3CCCC3)C2=O)cc1. The molecule has 2 aliphatic heterocycles. The van der Waals surface area contributed by atoms with Gasteiger partial charge >= 0.3 is 0 Å². The number of carbonyl (C=O) groups is 2. The molecule has 0 bridgehead atoms. The van der Waals surface area contributed by atoms with Crippen LogP contribution in [0.4, 0.5) is 5.69 Å². The lowest BCUT2D eigenvalue weighted by atomic mass is 10.1. The molecule has 0 saturated carbocycles. The van der Waals surface area contributed by atoms with Gasteiger partial charge in [0.25, 0.3) is 0 Å². The Labute approximate surface area is 150 Å². The van der Waals surface area contributed by atoms with Crippen LogP contribution in [0, 0.1) is 5.92 Å². The third-order valence-corrected chi connectivity index (χ3v) is 5.33. The second-order valence-electron chi connectivity index (χ2n) is 7.04. The van der Waals surface area contributed by atoms with Gasteiger partial charge in [-0.1, -0.05) is 19.1 Å². The van der Waals surface area contributed by atoms with Crippen molar-refractivity contribution in [3.05, 3.63) is 29.8 Å². The Hall–Kier alpha value is -1.88. The number of hydrogen-bond donors (Lipinski definition) is 1. The summed E-state index contributed by atoms with van der Waals surface area (Å²) in [6.45, 7) is 6.79. The number of rotatable bonds is 7. The van der Waals surface area contributed by atoms with E-state index in [1.807, 2.05) is 24.3 Å². The Morgan fingerprint density at radius 1 is 1.16 bits per heavy atom. The molecule has 0 radical (unpaired) electrons. The van der Waals surface area contributed by atoms with Gasteiger partial charge < -0.3 is 15.1 Å². The number of likely N-dealkylation sites (tertiary alicyclic amines) is 1. The van der Waals surface area contributed by atoms with Crippen LogP contribution >= 0.6 is 0 Å². The fourth-order valence-corrected chi connectivity index (χ4v) is 3.73. The number of carbonyl (C=O) groups excluding carboxylic acids is 2. The van der Waals surface area contributed by atoms with Crippen molar-refractivity contribution in [1.82, 2.24) is 10.2 Å². The fourth-order valence-electron chi connectivity index (χ4n) is 3.73. The van der Waals surface area contributed by atoms with Crippen LogP contribution < -0.4 is 10.2 Å². The minimum absolute atomic E-state index is 0.0682. The molecule has 25 heavy (non-hydrogen) atoms. The van der Waals surface area contributed by atoms with E-state index in [9.17, 15) is 9.59 Å². The van der Waals surface area contributed by atoms with Crippen LogP contribution in [0.2, 0.25) is 0 Å². The Kier molecular flexibility index (Phi) is 6.08. The molecule has 2 saturated heterocycles. The molecule has 1 aromatic carbocycles. The zero-order chi connectivity index (χ0) is 17.6. The lowest BCUT2D eigenvalue weighted by molar-refractivity contribution is -0.132. The van der Waals surface area contributed by atoms with Crippen molar-refractivity contribution in [3.8, 4) is 0 Å². The molecule has 2 heterocycles. The second kappa shape index (κ2) is 8.48. The van der Waals surface area contributed by atoms with Crippen molar-refractivity contribution < 1.29 is 9.59 Å². The monoisotopic (exact) mass is 343 g/mol. The highest BCUT2D eigenvalue weighted by Gasteiger charge is 2.37. The molecule has 2 amide bonds. The van der Waals surface area contributed by atoms with Crippen LogP contribution in [0.5, 0.6) is 0 Å². The molecule has 1 N–H and O–H groups in total. The summed E-state index contributed by atoms with van der Waals surface area (Å²) in [5.41, 5.74) is 2.15. The smallest absolute Gasteiger partial charge is 0.239 e. The predicted octanol–water partition coefficient (Wildman–Crippen LogP) is 2.20. The maximum absolute atomic E-state index is 12.6. The van der Waals surface area contributed by atoms with Crippen molar-refractivity contribution in [1.29, 1.82) is 0 Å². The third-order valence-electron chi connectivity index (χ3n) is 5.33. The second-order valence-corrected chi connectivity index (χ2v) is 7.04. The molecule has 2 aliphatic rings. The van der Waals surface area contributed by atoms with E-state index in [1.54, 1.807) is 4.90 Å². The van der Waals surface area contributed by atoms with E-state index in [1.165, 1.54) is 31.5 Å². The highest BCUT2D eigenvalue weighted by atomic mass is 16.2. The van der Waals surface area contributed by atoms with Gasteiger partial charge in [-0.2, -0.15) is 0 Å². The van der Waals surface area contributed by atoms with Crippen molar-refractivity contribution in [2.75, 3.05) is 37.6 Å². The summed E-state index contributed by atoms with van der Waals surface area (Å²) in [7, 11) is 0. The summed E-state index contributed by atoms with van der Waals surface area (Å²) in [4.78, 5) is 29.1. The van der Waals surface area contributed by atoms with Gasteiger partial charge in [0.1, 0.15) is 5.92 Å². The van der Waals surface area contributed by atoms with E-state index in [0.29, 0.717) is 19.5 Å². The quantitative estimate of drug-likeness (QED) is 0.610. The zero-order valence-electron chi connectivity index (χ0n) is 15.2. The molecule has 0 spiro atoms. The lowest BCUT2D eigenvalue weighted by Gasteiger charge is -2.17. The van der Waals surface area contributed by atoms with Crippen LogP contribution in [0.1, 0.15) is 38.2 Å². The fraction of sp³-hybridized carbons (Fsp3) is 0.600. The molecule has 1 aromatic rings. The number of aryl methyl sites for hydroxylation is 1. The molecular formula is C20H29N3O2. The van der Waals surface area contributed by atoms with Gasteiger partial charge in [-0.05, 0) is 69.4 Å². The Morgan fingerprint density at radius 3 is 2.56 bits per heavy atom. The summed E-state index contributed by atoms with van der Waals surface area (Å²) < 4.78 is 0. The van der Waals surface area contributed by atoms with E-state index in [0.717, 1.165) is 25.1 Å². The van der Waals surface area contributed by atoms with Gasteiger partial charge in [0.05, 0.1) is 0 Å². The molecule has 5 nitrogen and oxygen atoms in total. The largest absolute Gasteiger partial charge is 0.355 e. The topological polar surface area (TPSA) is 52.7 Å². The molecule has 2 fully saturated rings. The predicted molar refractivity (Wildman–Crippen MR) is 99.6 cm³/mol. The van der Waals surface area contributed by atoms with Crippen molar-refractivity contribution in [3.63, 3.8) is 0 Å². The average molecular weight is 343 g/mol. The van der Waals surface area contributed by atoms with Gasteiger partial charge in [0, 0.05) is 18.8 Å². The number of hydrogen-bond acceptors (Lipinski definition) is 3. The summed E-state index contributed by atoms with van der Waals surface area (Å²) in [5.74, 6) is -0.710. The molecule has 0 unspecified atom stereocenters. The first-order valence-electron chi connectivity index (χ1n) is 9.59. The van der Waals surface area contributed by atoms with E-state index in [-0.39, 0.29) is 11.8 Å². The standard InChI is InChI=1S/C20H29N3O2/c1-2-16-6-8-17(9-7-16)23-15-10-18(20(23)25)19(24)21-11-5-14-22-12-3-4-13-22/h6-9,18H,2-5,10-15H2,1H3,(H,21,24)/t18-/m1/s1. The average Bonchev–Trinajstić information content (AvgIpc) is 3.28. The summed E-state index contributed by atoms with van der Waals surface area (Å²) >= 11 is 0. The van der Waals surface area contributed by atoms with Gasteiger partial charge in [-0.15, -0.1) is 0 Å². The van der Waals surface area contributed by atoms with E-state index in [4.69, 9.17) is 0 Å². The number of nitrogens with zero attached hydrogens (tertiary/aromatic N) is 2. The van der Waals surface area contributed by atoms with Crippen molar-refractivity contribution in [2.24, 2.45) is 5.92 Å². The zero-order valence-corrected chi connectivity index (χ0v) is 15.2. The normalized spacial score (nSPS) is 21.1. The summed E-state index contributed by atoms with van der Waals surface area (Å²) in [6.07, 6.45) is 5.12. The van der Waals surface area contributed by atoms with Gasteiger partial charge in [-0.25, -0.2) is 0 Å². The first-order valence-corrected chi connectivity index (χ1v) is 9.59. The van der Waals surface area contributed by atoms with Gasteiger partial charge in [-0.3, -0.25) is 9.59 Å². The molecule has 0 aliphatic carbocycles. The molecule has 136 valence electrons. The Morgan fingerprint density at radius 2 is 1.88 bits per heavy atom. The van der Waals surface area contributed by atoms with Crippen LogP contribution in [0.25, 0.3) is 0 Å². The molecule has 1 atom stereocenters. The number of anilines is 1. The molecular weight excluding hydrogens is 314 g/mol. The summed E-state index contributed by atoms with van der Waals surface area (Å²) in [6, 6.07) is 8.06. The summed E-state index contributed by atoms with van der Waals surface area (Å²) in [5, 5.41) is 2.96. The van der Waals surface area contributed by atoms with E-state index >= 15 is 0 Å². The highest BCUT2D eigenvalue weighted by molar-refractivity contribution is 6.09. The number of benzene rings is 1. The number of amides is 2. The first-order chi connectivity index (χ1) is 12.2. The van der Waals surface area contributed by atoms with E-state index in [2.05, 4.69) is 17.1 Å². The van der Waals surface area contributed by atoms with Crippen molar-refractivity contribution >= 4 is 17.5 Å². The van der Waals surface area contributed by atoms with Crippen LogP contribution in [0.15, 0.2) is 24.3 Å². The maximum atomic E-state index is 12.6. The maximum Gasteiger partial charge on any atom is 0.239 e. The van der Waals surface area contributed by atoms with Gasteiger partial charge in [0.2, 0.25) is 11.8 Å². The first kappa shape index (κ1) is 17.9. The molecule has 0 aromatic heterocycles. The van der Waals surface area contributed by atoms with Gasteiger partial charge in [0.15, 0.2) is 0 Å². The van der Waals surface area contributed by atoms with Crippen LogP contribution in [-0.2, 0) is 16.0 Å². The van der Waals surface area contributed by atoms with Crippen LogP contribution in [0.3, 0.4) is 0 Å². The Balaban J connectivity index is 1.46. The minimum atomic E-state index is -0.530. The third kappa shape index (κ3) is 4.40.